The minimum Gasteiger partial charge on any atom is -0.506 e. The van der Waals surface area contributed by atoms with Gasteiger partial charge < -0.3 is 15.5 Å². The zero-order chi connectivity index (χ0) is 23.4. The highest BCUT2D eigenvalue weighted by molar-refractivity contribution is 6.33. The molecule has 0 aromatic rings. The molecule has 0 heterocycles. The van der Waals surface area contributed by atoms with Gasteiger partial charge in [0.15, 0.2) is 0 Å². The van der Waals surface area contributed by atoms with E-state index in [9.17, 15) is 23.5 Å². The van der Waals surface area contributed by atoms with E-state index in [-0.39, 0.29) is 21.6 Å². The van der Waals surface area contributed by atoms with E-state index in [1.54, 1.807) is 0 Å². The Bertz CT molecular complexity index is 908. The molecule has 8 heteroatoms. The zero-order valence-electron chi connectivity index (χ0n) is 17.4. The van der Waals surface area contributed by atoms with E-state index in [1.807, 2.05) is 33.8 Å². The third-order valence-electron chi connectivity index (χ3n) is 4.83. The molecule has 0 aliphatic heterocycles. The van der Waals surface area contributed by atoms with E-state index in [4.69, 9.17) is 16.7 Å². The number of aliphatic hydroxyl groups excluding tert-OH is 1. The van der Waals surface area contributed by atoms with Crippen molar-refractivity contribution >= 4 is 23.5 Å². The van der Waals surface area contributed by atoms with Gasteiger partial charge in [-0.2, -0.15) is 0 Å². The monoisotopic (exact) mass is 441 g/mol. The summed E-state index contributed by atoms with van der Waals surface area (Å²) in [5.74, 6) is -4.75. The fourth-order valence-electron chi connectivity index (χ4n) is 2.84. The molecule has 30 heavy (non-hydrogen) atoms. The van der Waals surface area contributed by atoms with E-state index in [2.05, 4.69) is 18.5 Å². The Morgan fingerprint density at radius 3 is 2.27 bits per heavy atom. The second kappa shape index (κ2) is 9.43. The summed E-state index contributed by atoms with van der Waals surface area (Å²) < 4.78 is 26.2. The topological polar surface area (TPSA) is 86.6 Å². The highest BCUT2D eigenvalue weighted by Crippen LogP contribution is 2.48. The second-order valence-corrected chi connectivity index (χ2v) is 8.75. The van der Waals surface area contributed by atoms with Crippen LogP contribution in [0.4, 0.5) is 8.78 Å². The van der Waals surface area contributed by atoms with Crippen LogP contribution >= 0.6 is 11.6 Å². The predicted octanol–water partition coefficient (Wildman–Crippen LogP) is 5.74. The molecule has 5 nitrogen and oxygen atoms in total. The first kappa shape index (κ1) is 25.4. The molecular formula is C22H26ClF2NO4. The Morgan fingerprint density at radius 1 is 1.20 bits per heavy atom. The number of amides is 1. The summed E-state index contributed by atoms with van der Waals surface area (Å²) >= 11 is 6.39. The Morgan fingerprint density at radius 2 is 1.77 bits per heavy atom. The first-order valence-electron chi connectivity index (χ1n) is 9.06. The third kappa shape index (κ3) is 6.16. The third-order valence-corrected chi connectivity index (χ3v) is 5.22. The van der Waals surface area contributed by atoms with Crippen LogP contribution in [0.25, 0.3) is 0 Å². The van der Waals surface area contributed by atoms with Gasteiger partial charge in [-0.15, -0.1) is 0 Å². The molecule has 0 aromatic carbocycles. The molecule has 1 aliphatic rings. The van der Waals surface area contributed by atoms with E-state index < -0.39 is 40.9 Å². The Hall–Kier alpha value is -2.67. The highest BCUT2D eigenvalue weighted by Gasteiger charge is 2.36. The van der Waals surface area contributed by atoms with Gasteiger partial charge >= 0.3 is 5.97 Å². The lowest BCUT2D eigenvalue weighted by atomic mass is 9.67. The number of carboxylic acids is 1. The quantitative estimate of drug-likeness (QED) is 0.267. The molecule has 0 saturated heterocycles. The number of allylic oxidation sites excluding steroid dienone is 4. The molecule has 0 saturated carbocycles. The molecule has 1 aliphatic carbocycles. The number of aliphatic carboxylic acids is 1. The summed E-state index contributed by atoms with van der Waals surface area (Å²) in [6.45, 7) is 14.9. The van der Waals surface area contributed by atoms with Crippen molar-refractivity contribution in [2.75, 3.05) is 0 Å². The largest absolute Gasteiger partial charge is 0.506 e. The normalized spacial score (nSPS) is 19.4. The fraction of sp³-hybridized carbons (Fsp3) is 0.364. The average molecular weight is 442 g/mol. The van der Waals surface area contributed by atoms with Crippen molar-refractivity contribution in [3.63, 3.8) is 0 Å². The van der Waals surface area contributed by atoms with Gasteiger partial charge in [-0.3, -0.25) is 4.79 Å². The van der Waals surface area contributed by atoms with Gasteiger partial charge in [0.1, 0.15) is 23.5 Å². The predicted molar refractivity (Wildman–Crippen MR) is 113 cm³/mol. The SMILES string of the molecule is C=C(/C=C(F)\C(=C\F)C(=O)O)NC(=O)C(=C)/C(O)=C(/Cl)C1=CC(C)(C)CCC1(C)C. The highest BCUT2D eigenvalue weighted by atomic mass is 35.5. The maximum atomic E-state index is 13.8. The molecule has 0 bridgehead atoms. The number of aliphatic hydroxyl groups is 1. The molecule has 0 unspecified atom stereocenters. The van der Waals surface area contributed by atoms with Crippen molar-refractivity contribution in [1.82, 2.24) is 5.32 Å². The fourth-order valence-corrected chi connectivity index (χ4v) is 3.27. The minimum absolute atomic E-state index is 0.0196. The standard InChI is InChI=1S/C22H26ClF2NO4/c1-12(9-16(25)14(11-24)20(29)30)26-19(28)13(2)18(27)17(23)15-10-21(3,4)7-8-22(15,5)6/h9-11,27H,1-2,7-8H2,3-6H3,(H,26,28)(H,29,30)/b14-11-,16-9+,18-17-. The number of nitrogens with one attached hydrogen (secondary N) is 1. The Labute approximate surface area is 179 Å². The maximum Gasteiger partial charge on any atom is 0.341 e. The second-order valence-electron chi connectivity index (χ2n) is 8.37. The Kier molecular flexibility index (Phi) is 7.97. The molecule has 0 atom stereocenters. The summed E-state index contributed by atoms with van der Waals surface area (Å²) in [5, 5.41) is 21.3. The average Bonchev–Trinajstić information content (AvgIpc) is 2.62. The molecule has 0 aromatic heterocycles. The number of rotatable bonds is 7. The molecule has 0 fully saturated rings. The number of hydrogen-bond donors (Lipinski definition) is 3. The van der Waals surface area contributed by atoms with Crippen molar-refractivity contribution in [1.29, 1.82) is 0 Å². The summed E-state index contributed by atoms with van der Waals surface area (Å²) in [4.78, 5) is 23.0. The van der Waals surface area contributed by atoms with Crippen LogP contribution in [0.5, 0.6) is 0 Å². The van der Waals surface area contributed by atoms with Gasteiger partial charge in [-0.25, -0.2) is 13.6 Å². The first-order chi connectivity index (χ1) is 13.6. The molecule has 0 radical (unpaired) electrons. The van der Waals surface area contributed by atoms with E-state index in [0.717, 1.165) is 12.8 Å². The molecule has 3 N–H and O–H groups in total. The summed E-state index contributed by atoms with van der Waals surface area (Å²) in [6, 6.07) is 0. The van der Waals surface area contributed by atoms with Crippen LogP contribution < -0.4 is 5.32 Å². The van der Waals surface area contributed by atoms with Gasteiger partial charge in [0, 0.05) is 5.70 Å². The summed E-state index contributed by atoms with van der Waals surface area (Å²) in [5.41, 5.74) is -1.80. The maximum absolute atomic E-state index is 13.8. The first-order valence-corrected chi connectivity index (χ1v) is 9.44. The van der Waals surface area contributed by atoms with Crippen LogP contribution in [-0.2, 0) is 9.59 Å². The number of carbonyl (C=O) groups is 2. The van der Waals surface area contributed by atoms with Crippen molar-refractivity contribution in [2.24, 2.45) is 10.8 Å². The zero-order valence-corrected chi connectivity index (χ0v) is 18.2. The van der Waals surface area contributed by atoms with Crippen LogP contribution in [0, 0.1) is 10.8 Å². The van der Waals surface area contributed by atoms with Gasteiger partial charge in [-0.1, -0.05) is 58.5 Å². The lowest BCUT2D eigenvalue weighted by Crippen LogP contribution is -2.28. The van der Waals surface area contributed by atoms with Crippen molar-refractivity contribution in [2.45, 2.75) is 40.5 Å². The van der Waals surface area contributed by atoms with Gasteiger partial charge in [-0.05, 0) is 35.3 Å². The summed E-state index contributed by atoms with van der Waals surface area (Å²) in [6.07, 6.45) is 3.82. The number of halogens is 3. The van der Waals surface area contributed by atoms with E-state index in [0.29, 0.717) is 11.6 Å². The van der Waals surface area contributed by atoms with Crippen molar-refractivity contribution in [3.8, 4) is 0 Å². The van der Waals surface area contributed by atoms with Gasteiger partial charge in [0.25, 0.3) is 5.91 Å². The van der Waals surface area contributed by atoms with E-state index in [1.165, 1.54) is 0 Å². The smallest absolute Gasteiger partial charge is 0.341 e. The molecule has 164 valence electrons. The number of carbonyl (C=O) groups excluding carboxylic acids is 1. The number of carboxylic acid groups (broad SMARTS) is 1. The van der Waals surface area contributed by atoms with Crippen LogP contribution in [0.15, 0.2) is 70.7 Å². The van der Waals surface area contributed by atoms with Gasteiger partial charge in [0.05, 0.1) is 10.6 Å². The lowest BCUT2D eigenvalue weighted by molar-refractivity contribution is -0.132. The molecular weight excluding hydrogens is 416 g/mol. The van der Waals surface area contributed by atoms with E-state index >= 15 is 0 Å². The lowest BCUT2D eigenvalue weighted by Gasteiger charge is -2.39. The van der Waals surface area contributed by atoms with Crippen molar-refractivity contribution < 1.29 is 28.6 Å². The van der Waals surface area contributed by atoms with Crippen LogP contribution in [0.1, 0.15) is 40.5 Å². The Balaban J connectivity index is 3.10. The van der Waals surface area contributed by atoms with Crippen LogP contribution in [-0.4, -0.2) is 22.1 Å². The van der Waals surface area contributed by atoms with Gasteiger partial charge in [0.2, 0.25) is 0 Å². The number of hydrogen-bond acceptors (Lipinski definition) is 3. The van der Waals surface area contributed by atoms with Crippen LogP contribution in [0.3, 0.4) is 0 Å². The van der Waals surface area contributed by atoms with Crippen molar-refractivity contribution in [3.05, 3.63) is 70.7 Å². The molecule has 1 rings (SSSR count). The van der Waals surface area contributed by atoms with Crippen LogP contribution in [0.2, 0.25) is 0 Å². The minimum atomic E-state index is -1.83. The molecule has 0 spiro atoms. The summed E-state index contributed by atoms with van der Waals surface area (Å²) in [7, 11) is 0. The molecule has 1 amide bonds.